The lowest BCUT2D eigenvalue weighted by molar-refractivity contribution is -0.138. The summed E-state index contributed by atoms with van der Waals surface area (Å²) >= 11 is 0. The Kier molecular flexibility index (Phi) is 4.41. The van der Waals surface area contributed by atoms with Crippen LogP contribution in [-0.4, -0.2) is 34.8 Å². The Bertz CT molecular complexity index is 910. The third-order valence-corrected chi connectivity index (χ3v) is 6.89. The van der Waals surface area contributed by atoms with Crippen molar-refractivity contribution < 1.29 is 14.0 Å². The van der Waals surface area contributed by atoms with Crippen molar-refractivity contribution in [3.05, 3.63) is 71.5 Å². The molecule has 2 heterocycles. The molecule has 2 unspecified atom stereocenters. The molecule has 0 radical (unpaired) electrons. The number of amides is 2. The van der Waals surface area contributed by atoms with E-state index in [9.17, 15) is 14.0 Å². The fourth-order valence-corrected chi connectivity index (χ4v) is 5.25. The second-order valence-corrected chi connectivity index (χ2v) is 8.69. The van der Waals surface area contributed by atoms with Crippen LogP contribution in [0.4, 0.5) is 4.39 Å². The number of carbonyl (C=O) groups is 2. The summed E-state index contributed by atoms with van der Waals surface area (Å²) in [5.41, 5.74) is 1.28. The Labute approximate surface area is 170 Å². The van der Waals surface area contributed by atoms with Gasteiger partial charge < -0.3 is 10.2 Å². The van der Waals surface area contributed by atoms with E-state index in [-0.39, 0.29) is 41.2 Å². The number of nitrogens with zero attached hydrogens (tertiary/aromatic N) is 1. The average molecular weight is 392 g/mol. The molecule has 5 rings (SSSR count). The van der Waals surface area contributed by atoms with Crippen LogP contribution in [0.1, 0.15) is 54.4 Å². The maximum absolute atomic E-state index is 13.5. The molecule has 5 heteroatoms. The van der Waals surface area contributed by atoms with Gasteiger partial charge in [0.15, 0.2) is 0 Å². The van der Waals surface area contributed by atoms with E-state index in [1.54, 1.807) is 0 Å². The molecule has 2 bridgehead atoms. The zero-order valence-corrected chi connectivity index (χ0v) is 16.3. The number of fused-ring (bicyclic) bond motifs is 2. The van der Waals surface area contributed by atoms with E-state index in [0.717, 1.165) is 44.1 Å². The van der Waals surface area contributed by atoms with Crippen LogP contribution < -0.4 is 5.32 Å². The summed E-state index contributed by atoms with van der Waals surface area (Å²) in [7, 11) is 0. The van der Waals surface area contributed by atoms with Crippen molar-refractivity contribution in [2.75, 3.05) is 0 Å². The summed E-state index contributed by atoms with van der Waals surface area (Å²) in [5, 5.41) is 3.10. The quantitative estimate of drug-likeness (QED) is 0.860. The van der Waals surface area contributed by atoms with Gasteiger partial charge in [-0.15, -0.1) is 0 Å². The SMILES string of the molecule is O=C(NC1CC2CCC(C1)N2C(=O)C1(c2ccccc2)CC1)c1ccc(F)cc1. The van der Waals surface area contributed by atoms with E-state index < -0.39 is 0 Å². The Balaban J connectivity index is 1.28. The fraction of sp³-hybridized carbons (Fsp3) is 0.417. The number of nitrogens with one attached hydrogen (secondary N) is 1. The first-order valence-corrected chi connectivity index (χ1v) is 10.5. The summed E-state index contributed by atoms with van der Waals surface area (Å²) in [6.07, 6.45) is 5.45. The molecule has 2 aromatic rings. The smallest absolute Gasteiger partial charge is 0.251 e. The van der Waals surface area contributed by atoms with Gasteiger partial charge in [-0.25, -0.2) is 4.39 Å². The van der Waals surface area contributed by atoms with Gasteiger partial charge in [0.05, 0.1) is 5.41 Å². The highest BCUT2D eigenvalue weighted by atomic mass is 19.1. The molecule has 2 atom stereocenters. The maximum atomic E-state index is 13.5. The number of hydrogen-bond acceptors (Lipinski definition) is 2. The van der Waals surface area contributed by atoms with E-state index in [1.165, 1.54) is 24.3 Å². The Morgan fingerprint density at radius 2 is 1.55 bits per heavy atom. The first kappa shape index (κ1) is 18.3. The molecule has 2 saturated heterocycles. The molecule has 1 aliphatic carbocycles. The molecule has 3 fully saturated rings. The summed E-state index contributed by atoms with van der Waals surface area (Å²) in [5.74, 6) is -0.240. The van der Waals surface area contributed by atoms with Crippen molar-refractivity contribution in [2.24, 2.45) is 0 Å². The van der Waals surface area contributed by atoms with E-state index in [2.05, 4.69) is 22.3 Å². The molecule has 2 amide bonds. The molecule has 150 valence electrons. The second kappa shape index (κ2) is 6.97. The van der Waals surface area contributed by atoms with E-state index in [0.29, 0.717) is 5.56 Å². The predicted octanol–water partition coefficient (Wildman–Crippen LogP) is 3.81. The van der Waals surface area contributed by atoms with Crippen molar-refractivity contribution in [2.45, 2.75) is 62.1 Å². The van der Waals surface area contributed by atoms with E-state index >= 15 is 0 Å². The predicted molar refractivity (Wildman–Crippen MR) is 108 cm³/mol. The molecule has 1 N–H and O–H groups in total. The van der Waals surface area contributed by atoms with Gasteiger partial charge in [0.25, 0.3) is 5.91 Å². The Morgan fingerprint density at radius 3 is 2.14 bits per heavy atom. The molecule has 1 saturated carbocycles. The van der Waals surface area contributed by atoms with Crippen LogP contribution in [0.15, 0.2) is 54.6 Å². The van der Waals surface area contributed by atoms with Gasteiger partial charge in [0.2, 0.25) is 5.91 Å². The van der Waals surface area contributed by atoms with Gasteiger partial charge in [0.1, 0.15) is 5.82 Å². The third-order valence-electron chi connectivity index (χ3n) is 6.89. The Morgan fingerprint density at radius 1 is 0.931 bits per heavy atom. The van der Waals surface area contributed by atoms with Crippen molar-refractivity contribution in [3.63, 3.8) is 0 Å². The van der Waals surface area contributed by atoms with Gasteiger partial charge >= 0.3 is 0 Å². The minimum Gasteiger partial charge on any atom is -0.349 e. The van der Waals surface area contributed by atoms with Crippen LogP contribution in [0.25, 0.3) is 0 Å². The molecule has 0 spiro atoms. The zero-order chi connectivity index (χ0) is 20.0. The number of carbonyl (C=O) groups excluding carboxylic acids is 2. The van der Waals surface area contributed by atoms with Crippen molar-refractivity contribution in [1.82, 2.24) is 10.2 Å². The molecule has 0 aromatic heterocycles. The number of piperidine rings is 1. The lowest BCUT2D eigenvalue weighted by Crippen LogP contribution is -2.54. The number of benzene rings is 2. The van der Waals surface area contributed by atoms with Crippen LogP contribution in [-0.2, 0) is 10.2 Å². The monoisotopic (exact) mass is 392 g/mol. The number of halogens is 1. The molecule has 29 heavy (non-hydrogen) atoms. The molecule has 2 aromatic carbocycles. The molecular weight excluding hydrogens is 367 g/mol. The van der Waals surface area contributed by atoms with Crippen LogP contribution >= 0.6 is 0 Å². The topological polar surface area (TPSA) is 49.4 Å². The van der Waals surface area contributed by atoms with Crippen molar-refractivity contribution in [1.29, 1.82) is 0 Å². The van der Waals surface area contributed by atoms with Gasteiger partial charge in [-0.1, -0.05) is 30.3 Å². The minimum absolute atomic E-state index is 0.0565. The normalized spacial score (nSPS) is 26.8. The van der Waals surface area contributed by atoms with Crippen molar-refractivity contribution in [3.8, 4) is 0 Å². The Hall–Kier alpha value is -2.69. The van der Waals surface area contributed by atoms with Gasteiger partial charge in [0, 0.05) is 23.7 Å². The van der Waals surface area contributed by atoms with E-state index in [4.69, 9.17) is 0 Å². The number of hydrogen-bond donors (Lipinski definition) is 1. The maximum Gasteiger partial charge on any atom is 0.251 e. The average Bonchev–Trinajstić information content (AvgIpc) is 3.50. The first-order valence-electron chi connectivity index (χ1n) is 10.5. The lowest BCUT2D eigenvalue weighted by Gasteiger charge is -2.41. The molecular formula is C24H25FN2O2. The van der Waals surface area contributed by atoms with Crippen molar-refractivity contribution >= 4 is 11.8 Å². The largest absolute Gasteiger partial charge is 0.349 e. The summed E-state index contributed by atoms with van der Waals surface area (Å²) < 4.78 is 13.1. The van der Waals surface area contributed by atoms with Gasteiger partial charge in [-0.05, 0) is 68.4 Å². The molecule has 4 nitrogen and oxygen atoms in total. The standard InChI is InChI=1S/C24H25FN2O2/c25-18-8-6-16(7-9-18)22(28)26-19-14-20-10-11-21(15-19)27(20)23(29)24(12-13-24)17-4-2-1-3-5-17/h1-9,19-21H,10-15H2,(H,26,28). The summed E-state index contributed by atoms with van der Waals surface area (Å²) in [6.45, 7) is 0. The van der Waals surface area contributed by atoms with Crippen LogP contribution in [0.5, 0.6) is 0 Å². The van der Waals surface area contributed by atoms with Crippen LogP contribution in [0.3, 0.4) is 0 Å². The fourth-order valence-electron chi connectivity index (χ4n) is 5.25. The highest BCUT2D eigenvalue weighted by molar-refractivity contribution is 5.94. The summed E-state index contributed by atoms with van der Waals surface area (Å²) in [6, 6.07) is 16.2. The first-order chi connectivity index (χ1) is 14.1. The van der Waals surface area contributed by atoms with Crippen LogP contribution in [0, 0.1) is 5.82 Å². The lowest BCUT2D eigenvalue weighted by atomic mass is 9.90. The third kappa shape index (κ3) is 3.22. The molecule has 2 aliphatic heterocycles. The highest BCUT2D eigenvalue weighted by Crippen LogP contribution is 2.52. The van der Waals surface area contributed by atoms with Gasteiger partial charge in [-0.2, -0.15) is 0 Å². The zero-order valence-electron chi connectivity index (χ0n) is 16.3. The summed E-state index contributed by atoms with van der Waals surface area (Å²) in [4.78, 5) is 28.2. The van der Waals surface area contributed by atoms with E-state index in [1.807, 2.05) is 18.2 Å². The molecule has 3 aliphatic rings. The van der Waals surface area contributed by atoms with Gasteiger partial charge in [-0.3, -0.25) is 9.59 Å². The second-order valence-electron chi connectivity index (χ2n) is 8.69. The number of rotatable bonds is 4. The van der Waals surface area contributed by atoms with Crippen LogP contribution in [0.2, 0.25) is 0 Å². The highest BCUT2D eigenvalue weighted by Gasteiger charge is 2.57. The minimum atomic E-state index is -0.348.